The van der Waals surface area contributed by atoms with E-state index in [-0.39, 0.29) is 39.8 Å². The zero-order valence-corrected chi connectivity index (χ0v) is 12.3. The fraction of sp³-hybridized carbons (Fsp3) is 0.250. The van der Waals surface area contributed by atoms with Gasteiger partial charge in [0.05, 0.1) is 0 Å². The first-order valence-electron chi connectivity index (χ1n) is 5.22. The van der Waals surface area contributed by atoms with Crippen LogP contribution in [0.4, 0.5) is 0 Å². The fourth-order valence-electron chi connectivity index (χ4n) is 1.54. The van der Waals surface area contributed by atoms with Crippen LogP contribution in [0.1, 0.15) is 23.2 Å². The van der Waals surface area contributed by atoms with E-state index in [1.807, 2.05) is 0 Å². The third-order valence-corrected chi connectivity index (χ3v) is 2.42. The van der Waals surface area contributed by atoms with Crippen LogP contribution in [0.3, 0.4) is 0 Å². The number of hydrogen-bond acceptors (Lipinski definition) is 3. The first-order chi connectivity index (χ1) is 8.16. The molecule has 5 nitrogen and oxygen atoms in total. The number of rotatable bonds is 2. The molecule has 2 rings (SSSR count). The number of benzene rings is 1. The minimum Gasteiger partial charge on any atom is -0.684 e. The molecule has 0 aliphatic carbocycles. The Morgan fingerprint density at radius 3 is 2.78 bits per heavy atom. The molecule has 18 heavy (non-hydrogen) atoms. The normalized spacial score (nSPS) is 18.6. The van der Waals surface area contributed by atoms with E-state index in [2.05, 4.69) is 16.7 Å². The summed E-state index contributed by atoms with van der Waals surface area (Å²) in [5.74, 6) is -1.31. The van der Waals surface area contributed by atoms with Gasteiger partial charge >= 0.3 is 21.1 Å². The molecule has 1 aliphatic rings. The maximum atomic E-state index is 11.7. The van der Waals surface area contributed by atoms with E-state index in [0.29, 0.717) is 5.56 Å². The van der Waals surface area contributed by atoms with Crippen molar-refractivity contribution in [1.82, 2.24) is 5.32 Å². The SMILES string of the molecule is O=C1CC[C@H]([N-]C(=O)c2[c-]cccc2)C(=O)N1.[W+2]. The van der Waals surface area contributed by atoms with Crippen LogP contribution in [-0.4, -0.2) is 23.8 Å². The third kappa shape index (κ3) is 3.50. The van der Waals surface area contributed by atoms with E-state index in [9.17, 15) is 14.4 Å². The zero-order valence-electron chi connectivity index (χ0n) is 9.38. The average molecular weight is 414 g/mol. The predicted molar refractivity (Wildman–Crippen MR) is 59.1 cm³/mol. The van der Waals surface area contributed by atoms with Crippen molar-refractivity contribution in [3.8, 4) is 0 Å². The Kier molecular flexibility index (Phi) is 5.22. The first-order valence-corrected chi connectivity index (χ1v) is 5.22. The molecule has 92 valence electrons. The van der Waals surface area contributed by atoms with Gasteiger partial charge in [0, 0.05) is 6.42 Å². The molecule has 0 unspecified atom stereocenters. The molecule has 1 aliphatic heterocycles. The van der Waals surface area contributed by atoms with Gasteiger partial charge in [0.1, 0.15) is 0 Å². The van der Waals surface area contributed by atoms with Gasteiger partial charge in [-0.15, -0.1) is 35.9 Å². The summed E-state index contributed by atoms with van der Waals surface area (Å²) < 4.78 is 0. The van der Waals surface area contributed by atoms with Crippen molar-refractivity contribution in [2.45, 2.75) is 18.9 Å². The van der Waals surface area contributed by atoms with Crippen molar-refractivity contribution in [2.75, 3.05) is 0 Å². The number of carbonyl (C=O) groups is 3. The van der Waals surface area contributed by atoms with E-state index in [0.717, 1.165) is 0 Å². The van der Waals surface area contributed by atoms with Crippen LogP contribution in [0.2, 0.25) is 0 Å². The molecular weight excluding hydrogens is 404 g/mol. The van der Waals surface area contributed by atoms with E-state index >= 15 is 0 Å². The summed E-state index contributed by atoms with van der Waals surface area (Å²) in [5.41, 5.74) is 0.317. The molecule has 1 aromatic carbocycles. The molecule has 0 bridgehead atoms. The van der Waals surface area contributed by atoms with Gasteiger partial charge in [-0.1, -0.05) is 0 Å². The van der Waals surface area contributed by atoms with Crippen molar-refractivity contribution < 1.29 is 35.4 Å². The predicted octanol–water partition coefficient (Wildman–Crippen LogP) is 0.803. The molecule has 3 amide bonds. The number of nitrogens with one attached hydrogen (secondary N) is 1. The maximum absolute atomic E-state index is 11.7. The summed E-state index contributed by atoms with van der Waals surface area (Å²) in [4.78, 5) is 34.0. The van der Waals surface area contributed by atoms with Gasteiger partial charge in [-0.05, 0) is 18.4 Å². The van der Waals surface area contributed by atoms with Crippen molar-refractivity contribution in [2.24, 2.45) is 0 Å². The maximum Gasteiger partial charge on any atom is 2.00 e. The van der Waals surface area contributed by atoms with Crippen LogP contribution in [0, 0.1) is 6.07 Å². The summed E-state index contributed by atoms with van der Waals surface area (Å²) in [6, 6.07) is 8.59. The number of amides is 3. The Balaban J connectivity index is 0.00000162. The van der Waals surface area contributed by atoms with E-state index in [4.69, 9.17) is 0 Å². The van der Waals surface area contributed by atoms with Crippen molar-refractivity contribution in [3.05, 3.63) is 41.2 Å². The number of piperidine rings is 1. The molecule has 1 heterocycles. The summed E-state index contributed by atoms with van der Waals surface area (Å²) in [6.45, 7) is 0. The summed E-state index contributed by atoms with van der Waals surface area (Å²) >= 11 is 0. The smallest absolute Gasteiger partial charge is 0.684 e. The second-order valence-electron chi connectivity index (χ2n) is 3.68. The Bertz CT molecular complexity index is 462. The third-order valence-electron chi connectivity index (χ3n) is 2.42. The molecule has 0 radical (unpaired) electrons. The molecule has 1 fully saturated rings. The standard InChI is InChI=1S/C12H11N2O3.W/c15-10-7-6-9(12(17)14-10)13-11(16)8-4-2-1-3-5-8;/h1-4,9H,6-7H2,(H2,13,14,15,16,17);/q-1;+2/p-1/t9-;/m0./s1. The molecule has 0 aromatic heterocycles. The number of hydrogen-bond donors (Lipinski definition) is 1. The number of nitrogens with zero attached hydrogens (tertiary/aromatic N) is 1. The van der Waals surface area contributed by atoms with E-state index in [1.165, 1.54) is 0 Å². The molecule has 1 atom stereocenters. The molecule has 0 saturated carbocycles. The van der Waals surface area contributed by atoms with Crippen LogP contribution in [0.5, 0.6) is 0 Å². The van der Waals surface area contributed by atoms with Crippen LogP contribution in [-0.2, 0) is 30.7 Å². The Labute approximate surface area is 119 Å². The molecule has 6 heteroatoms. The van der Waals surface area contributed by atoms with Gasteiger partial charge < -0.3 is 10.1 Å². The number of carbonyl (C=O) groups excluding carboxylic acids is 3. The Morgan fingerprint density at radius 2 is 2.17 bits per heavy atom. The molecule has 1 saturated heterocycles. The number of imide groups is 1. The van der Waals surface area contributed by atoms with E-state index < -0.39 is 17.9 Å². The van der Waals surface area contributed by atoms with Gasteiger partial charge in [-0.2, -0.15) is 0 Å². The Hall–Kier alpha value is -1.48. The fourth-order valence-corrected chi connectivity index (χ4v) is 1.54. The first kappa shape index (κ1) is 14.6. The van der Waals surface area contributed by atoms with Crippen molar-refractivity contribution in [1.29, 1.82) is 0 Å². The average Bonchev–Trinajstić information content (AvgIpc) is 2.34. The molecular formula is C12H10N2O3W. The topological polar surface area (TPSA) is 77.3 Å². The van der Waals surface area contributed by atoms with Crippen LogP contribution >= 0.6 is 0 Å². The van der Waals surface area contributed by atoms with Gasteiger partial charge in [-0.3, -0.25) is 14.9 Å². The second-order valence-corrected chi connectivity index (χ2v) is 3.68. The zero-order chi connectivity index (χ0) is 12.3. The van der Waals surface area contributed by atoms with Crippen LogP contribution < -0.4 is 5.32 Å². The molecule has 1 aromatic rings. The van der Waals surface area contributed by atoms with Gasteiger partial charge in [0.25, 0.3) is 0 Å². The minimum atomic E-state index is -0.770. The summed E-state index contributed by atoms with van der Waals surface area (Å²) in [5, 5.41) is 5.94. The minimum absolute atomic E-state index is 0. The monoisotopic (exact) mass is 414 g/mol. The van der Waals surface area contributed by atoms with Gasteiger partial charge in [0.15, 0.2) is 0 Å². The molecule has 1 N–H and O–H groups in total. The van der Waals surface area contributed by atoms with Gasteiger partial charge in [0.2, 0.25) is 11.8 Å². The van der Waals surface area contributed by atoms with Crippen LogP contribution in [0.25, 0.3) is 5.32 Å². The Morgan fingerprint density at radius 1 is 1.39 bits per heavy atom. The second kappa shape index (κ2) is 6.45. The summed E-state index contributed by atoms with van der Waals surface area (Å²) in [7, 11) is 0. The van der Waals surface area contributed by atoms with Gasteiger partial charge in [-0.25, -0.2) is 0 Å². The van der Waals surface area contributed by atoms with E-state index in [1.54, 1.807) is 24.3 Å². The van der Waals surface area contributed by atoms with Crippen molar-refractivity contribution in [3.63, 3.8) is 0 Å². The summed E-state index contributed by atoms with van der Waals surface area (Å²) in [6.07, 6.45) is 0.495. The quantitative estimate of drug-likeness (QED) is 0.575. The largest absolute Gasteiger partial charge is 2.00 e. The van der Waals surface area contributed by atoms with Crippen molar-refractivity contribution >= 4 is 17.7 Å². The molecule has 0 spiro atoms. The van der Waals surface area contributed by atoms with Crippen LogP contribution in [0.15, 0.2) is 24.3 Å².